The van der Waals surface area contributed by atoms with Gasteiger partial charge >= 0.3 is 0 Å². The lowest BCUT2D eigenvalue weighted by Crippen LogP contribution is -2.29. The van der Waals surface area contributed by atoms with Crippen LogP contribution in [0.5, 0.6) is 0 Å². The number of allylic oxidation sites excluding steroid dienone is 4. The van der Waals surface area contributed by atoms with E-state index in [1.165, 1.54) is 5.57 Å². The average molecular weight is 203 g/mol. The van der Waals surface area contributed by atoms with E-state index in [1.54, 1.807) is 0 Å². The Balaban J connectivity index is 2.32. The summed E-state index contributed by atoms with van der Waals surface area (Å²) in [6.45, 7) is 2.39. The first kappa shape index (κ1) is 10.4. The monoisotopic (exact) mass is 203 g/mol. The van der Waals surface area contributed by atoms with Gasteiger partial charge in [0.1, 0.15) is 0 Å². The Morgan fingerprint density at radius 1 is 1.40 bits per heavy atom. The maximum absolute atomic E-state index is 9.07. The van der Waals surface area contributed by atoms with Crippen LogP contribution in [-0.4, -0.2) is 17.4 Å². The van der Waals surface area contributed by atoms with E-state index >= 15 is 0 Å². The molecular formula is C13H17NO. The van der Waals surface area contributed by atoms with Crippen LogP contribution in [-0.2, 0) is 0 Å². The number of hydrogen-bond donors (Lipinski definition) is 1. The van der Waals surface area contributed by atoms with Crippen LogP contribution < -0.4 is 0 Å². The third-order valence-electron chi connectivity index (χ3n) is 3.16. The Hall–Kier alpha value is -1.15. The third kappa shape index (κ3) is 1.59. The predicted molar refractivity (Wildman–Crippen MR) is 62.8 cm³/mol. The summed E-state index contributed by atoms with van der Waals surface area (Å²) in [5.41, 5.74) is 2.38. The molecule has 1 atom stereocenters. The number of aliphatic imine (C=N–C) groups is 1. The number of aliphatic hydroxyl groups excluding tert-OH is 1. The van der Waals surface area contributed by atoms with Crippen molar-refractivity contribution in [2.75, 3.05) is 6.61 Å². The van der Waals surface area contributed by atoms with Gasteiger partial charge in [0.15, 0.2) is 0 Å². The van der Waals surface area contributed by atoms with Gasteiger partial charge < -0.3 is 5.11 Å². The molecule has 0 bridgehead atoms. The molecule has 15 heavy (non-hydrogen) atoms. The highest BCUT2D eigenvalue weighted by molar-refractivity contribution is 6.06. The van der Waals surface area contributed by atoms with Gasteiger partial charge in [-0.2, -0.15) is 0 Å². The first-order valence-corrected chi connectivity index (χ1v) is 5.58. The molecule has 0 saturated carbocycles. The highest BCUT2D eigenvalue weighted by Crippen LogP contribution is 2.43. The summed E-state index contributed by atoms with van der Waals surface area (Å²) in [7, 11) is 0. The van der Waals surface area contributed by atoms with Crippen molar-refractivity contribution in [3.63, 3.8) is 0 Å². The molecule has 2 rings (SSSR count). The highest BCUT2D eigenvalue weighted by Gasteiger charge is 2.38. The van der Waals surface area contributed by atoms with E-state index in [0.29, 0.717) is 0 Å². The molecule has 0 radical (unpaired) electrons. The summed E-state index contributed by atoms with van der Waals surface area (Å²) in [6, 6.07) is 0. The van der Waals surface area contributed by atoms with E-state index in [2.05, 4.69) is 30.1 Å². The fraction of sp³-hybridized carbons (Fsp3) is 0.462. The zero-order chi connectivity index (χ0) is 10.7. The molecule has 0 amide bonds. The van der Waals surface area contributed by atoms with Crippen molar-refractivity contribution in [3.8, 4) is 0 Å². The van der Waals surface area contributed by atoms with Crippen molar-refractivity contribution < 1.29 is 5.11 Å². The third-order valence-corrected chi connectivity index (χ3v) is 3.16. The molecule has 1 aliphatic heterocycles. The summed E-state index contributed by atoms with van der Waals surface area (Å²) in [6.07, 6.45) is 13.3. The normalized spacial score (nSPS) is 27.6. The Labute approximate surface area is 90.7 Å². The highest BCUT2D eigenvalue weighted by atomic mass is 16.3. The zero-order valence-electron chi connectivity index (χ0n) is 9.11. The maximum Gasteiger partial charge on any atom is 0.0544 e. The second-order valence-electron chi connectivity index (χ2n) is 4.08. The van der Waals surface area contributed by atoms with E-state index in [0.717, 1.165) is 25.0 Å². The van der Waals surface area contributed by atoms with E-state index in [9.17, 15) is 0 Å². The van der Waals surface area contributed by atoms with Crippen molar-refractivity contribution in [1.82, 2.24) is 0 Å². The Morgan fingerprint density at radius 2 is 2.27 bits per heavy atom. The fourth-order valence-electron chi connectivity index (χ4n) is 2.47. The topological polar surface area (TPSA) is 32.6 Å². The number of nitrogens with zero attached hydrogens (tertiary/aromatic N) is 1. The van der Waals surface area contributed by atoms with Gasteiger partial charge in [-0.25, -0.2) is 0 Å². The van der Waals surface area contributed by atoms with Crippen LogP contribution in [0.3, 0.4) is 0 Å². The quantitative estimate of drug-likeness (QED) is 0.748. The van der Waals surface area contributed by atoms with E-state index in [1.807, 2.05) is 12.3 Å². The van der Waals surface area contributed by atoms with Crippen molar-refractivity contribution in [1.29, 1.82) is 0 Å². The van der Waals surface area contributed by atoms with Crippen LogP contribution in [0.2, 0.25) is 0 Å². The van der Waals surface area contributed by atoms with E-state index < -0.39 is 0 Å². The standard InChI is InChI=1S/C13H17NO/c1-2-7-13-8-4-3-5-12(13)14-10-11(13)6-9-15/h3-5,8,10,15H,2,6-7,9H2,1H3/t13-/m0/s1. The second kappa shape index (κ2) is 4.15. The molecule has 2 aliphatic rings. The Bertz CT molecular complexity index is 363. The van der Waals surface area contributed by atoms with Gasteiger partial charge in [0.2, 0.25) is 0 Å². The van der Waals surface area contributed by atoms with Gasteiger partial charge in [-0.1, -0.05) is 31.6 Å². The van der Waals surface area contributed by atoms with Gasteiger partial charge in [0, 0.05) is 12.8 Å². The van der Waals surface area contributed by atoms with Crippen LogP contribution in [0.15, 0.2) is 41.1 Å². The van der Waals surface area contributed by atoms with Crippen molar-refractivity contribution in [3.05, 3.63) is 36.1 Å². The molecule has 0 unspecified atom stereocenters. The summed E-state index contributed by atoms with van der Waals surface area (Å²) in [5, 5.41) is 9.07. The molecule has 0 aromatic heterocycles. The molecular weight excluding hydrogens is 186 g/mol. The zero-order valence-corrected chi connectivity index (χ0v) is 9.11. The van der Waals surface area contributed by atoms with Crippen LogP contribution in [0.25, 0.3) is 0 Å². The molecule has 1 aliphatic carbocycles. The summed E-state index contributed by atoms with van der Waals surface area (Å²) >= 11 is 0. The lowest BCUT2D eigenvalue weighted by Gasteiger charge is -2.31. The van der Waals surface area contributed by atoms with Crippen LogP contribution in [0, 0.1) is 5.41 Å². The first-order valence-electron chi connectivity index (χ1n) is 5.58. The second-order valence-corrected chi connectivity index (χ2v) is 4.08. The minimum Gasteiger partial charge on any atom is -0.396 e. The van der Waals surface area contributed by atoms with Gasteiger partial charge in [-0.05, 0) is 24.5 Å². The Morgan fingerprint density at radius 3 is 3.00 bits per heavy atom. The van der Waals surface area contributed by atoms with Crippen LogP contribution >= 0.6 is 0 Å². The SMILES string of the molecule is CCC[C@@]12C=CC=CC1=NC=C2CCO. The van der Waals surface area contributed by atoms with Gasteiger partial charge in [-0.15, -0.1) is 0 Å². The molecule has 2 nitrogen and oxygen atoms in total. The molecule has 80 valence electrons. The van der Waals surface area contributed by atoms with Crippen LogP contribution in [0.1, 0.15) is 26.2 Å². The predicted octanol–water partition coefficient (Wildman–Crippen LogP) is 2.62. The minimum absolute atomic E-state index is 0.00771. The number of rotatable bonds is 4. The summed E-state index contributed by atoms with van der Waals surface area (Å²) < 4.78 is 0. The summed E-state index contributed by atoms with van der Waals surface area (Å²) in [5.74, 6) is 0. The summed E-state index contributed by atoms with van der Waals surface area (Å²) in [4.78, 5) is 4.45. The number of fused-ring (bicyclic) bond motifs is 1. The van der Waals surface area contributed by atoms with Gasteiger partial charge in [0.25, 0.3) is 0 Å². The van der Waals surface area contributed by atoms with E-state index in [4.69, 9.17) is 5.11 Å². The number of aliphatic hydroxyl groups is 1. The van der Waals surface area contributed by atoms with Gasteiger partial charge in [0.05, 0.1) is 11.1 Å². The number of hydrogen-bond acceptors (Lipinski definition) is 2. The molecule has 1 heterocycles. The van der Waals surface area contributed by atoms with E-state index in [-0.39, 0.29) is 12.0 Å². The molecule has 0 saturated heterocycles. The fourth-order valence-corrected chi connectivity index (χ4v) is 2.47. The molecule has 2 heteroatoms. The first-order chi connectivity index (χ1) is 7.33. The molecule has 1 N–H and O–H groups in total. The maximum atomic E-state index is 9.07. The van der Waals surface area contributed by atoms with Crippen LogP contribution in [0.4, 0.5) is 0 Å². The van der Waals surface area contributed by atoms with Crippen molar-refractivity contribution in [2.24, 2.45) is 10.4 Å². The van der Waals surface area contributed by atoms with Gasteiger partial charge in [-0.3, -0.25) is 4.99 Å². The smallest absolute Gasteiger partial charge is 0.0544 e. The minimum atomic E-state index is -0.00771. The molecule has 0 aromatic carbocycles. The lowest BCUT2D eigenvalue weighted by molar-refractivity contribution is 0.292. The Kier molecular flexibility index (Phi) is 2.87. The molecule has 0 spiro atoms. The lowest BCUT2D eigenvalue weighted by atomic mass is 9.71. The van der Waals surface area contributed by atoms with Crippen molar-refractivity contribution in [2.45, 2.75) is 26.2 Å². The average Bonchev–Trinajstić information content (AvgIpc) is 2.59. The molecule has 0 fully saturated rings. The largest absolute Gasteiger partial charge is 0.396 e. The van der Waals surface area contributed by atoms with Crippen molar-refractivity contribution >= 4 is 5.71 Å². The molecule has 0 aromatic rings.